The van der Waals surface area contributed by atoms with Gasteiger partial charge in [-0.2, -0.15) is 0 Å². The third kappa shape index (κ3) is 42.1. The second-order valence-corrected chi connectivity index (χ2v) is 0.322. The Bertz CT molecular complexity index is 38.3. The molecule has 4 radical (unpaired) electrons. The first-order valence-electron chi connectivity index (χ1n) is 0.901. The molecule has 1 nitrogen and oxygen atoms in total. The molecule has 0 aliphatic rings. The minimum Gasteiger partial charge on any atom is -0.419 e. The Morgan fingerprint density at radius 3 is 1.62 bits per heavy atom. The van der Waals surface area contributed by atoms with E-state index >= 15 is 0 Å². The van der Waals surface area contributed by atoms with E-state index in [1.807, 2.05) is 0 Å². The minimum atomic E-state index is 0. The minimum absolute atomic E-state index is 0. The van der Waals surface area contributed by atoms with Crippen LogP contribution in [0.25, 0.3) is 0 Å². The SMILES string of the molecule is C=C[C-]=O.[Al].[Au+].[Au].[Ti]. The molecule has 0 aromatic rings. The van der Waals surface area contributed by atoms with E-state index < -0.39 is 0 Å². The van der Waals surface area contributed by atoms with Gasteiger partial charge >= 0.3 is 22.4 Å². The maximum Gasteiger partial charge on any atom is 1.00 e. The van der Waals surface area contributed by atoms with Gasteiger partial charge in [-0.1, -0.05) is 0 Å². The molecule has 0 bridgehead atoms. The van der Waals surface area contributed by atoms with E-state index in [2.05, 4.69) is 6.58 Å². The number of carbonyl (C=O) groups excluding carboxylic acids is 1. The number of allylic oxidation sites excluding steroid dienone is 1. The number of hydrogen-bond donors (Lipinski definition) is 0. The van der Waals surface area contributed by atoms with E-state index in [-0.39, 0.29) is 83.8 Å². The zero-order valence-electron chi connectivity index (χ0n) is 3.87. The van der Waals surface area contributed by atoms with E-state index in [1.165, 1.54) is 6.29 Å². The fraction of sp³-hybridized carbons (Fsp3) is 0. The zero-order valence-corrected chi connectivity index (χ0v) is 10.9. The van der Waals surface area contributed by atoms with Gasteiger partial charge in [0, 0.05) is 61.5 Å². The van der Waals surface area contributed by atoms with Crippen molar-refractivity contribution in [3.8, 4) is 0 Å². The molecule has 0 amide bonds. The topological polar surface area (TPSA) is 17.1 Å². The second-order valence-electron chi connectivity index (χ2n) is 0.322. The van der Waals surface area contributed by atoms with Crippen molar-refractivity contribution in [1.82, 2.24) is 0 Å². The quantitative estimate of drug-likeness (QED) is 0.267. The van der Waals surface area contributed by atoms with Crippen molar-refractivity contribution >= 4 is 23.6 Å². The van der Waals surface area contributed by atoms with Crippen LogP contribution in [-0.4, -0.2) is 23.6 Å². The Labute approximate surface area is 106 Å². The van der Waals surface area contributed by atoms with E-state index in [0.29, 0.717) is 0 Å². The Morgan fingerprint density at radius 2 is 1.62 bits per heavy atom. The molecule has 0 N–H and O–H groups in total. The Kier molecular flexibility index (Phi) is 142. The predicted molar refractivity (Wildman–Crippen MR) is 21.6 cm³/mol. The Morgan fingerprint density at radius 1 is 1.50 bits per heavy atom. The Balaban J connectivity index is -0.00000000750. The van der Waals surface area contributed by atoms with Crippen molar-refractivity contribution < 1.29 is 71.3 Å². The van der Waals surface area contributed by atoms with Crippen molar-refractivity contribution in [3.05, 3.63) is 12.7 Å². The van der Waals surface area contributed by atoms with Gasteiger partial charge in [-0.3, -0.25) is 0 Å². The van der Waals surface area contributed by atoms with Crippen LogP contribution in [0.5, 0.6) is 0 Å². The fourth-order valence-corrected chi connectivity index (χ4v) is 0. The van der Waals surface area contributed by atoms with Crippen LogP contribution < -0.4 is 0 Å². The first kappa shape index (κ1) is 32.1. The summed E-state index contributed by atoms with van der Waals surface area (Å²) in [5, 5.41) is 0. The molecule has 0 unspecified atom stereocenters. The summed E-state index contributed by atoms with van der Waals surface area (Å²) in [4.78, 5) is 8.93. The van der Waals surface area contributed by atoms with Gasteiger partial charge < -0.3 is 4.79 Å². The van der Waals surface area contributed by atoms with Gasteiger partial charge in [0.25, 0.3) is 0 Å². The molecular weight excluding hydrogens is 521 g/mol. The van der Waals surface area contributed by atoms with Crippen LogP contribution in [0.2, 0.25) is 0 Å². The van der Waals surface area contributed by atoms with Crippen molar-refractivity contribution in [2.45, 2.75) is 0 Å². The molecule has 0 saturated carbocycles. The van der Waals surface area contributed by atoms with Gasteiger partial charge in [0.1, 0.15) is 0 Å². The average molecular weight is 524 g/mol. The fourth-order valence-electron chi connectivity index (χ4n) is 0. The van der Waals surface area contributed by atoms with Crippen LogP contribution in [0.4, 0.5) is 0 Å². The Hall–Kier alpha value is 2.14. The molecule has 8 heavy (non-hydrogen) atoms. The average Bonchev–Trinajstić information content (AvgIpc) is 1.37. The second kappa shape index (κ2) is 35.3. The van der Waals surface area contributed by atoms with Crippen LogP contribution >= 0.6 is 0 Å². The normalized spacial score (nSPS) is 2.50. The molecule has 0 saturated heterocycles. The maximum atomic E-state index is 8.93. The summed E-state index contributed by atoms with van der Waals surface area (Å²) in [7, 11) is 0. The molecule has 0 heterocycles. The van der Waals surface area contributed by atoms with Gasteiger partial charge in [0.05, 0.1) is 0 Å². The molecule has 0 aliphatic heterocycles. The molecule has 0 aromatic heterocycles. The predicted octanol–water partition coefficient (Wildman–Crippen LogP) is -0.106. The molecule has 0 spiro atoms. The van der Waals surface area contributed by atoms with E-state index in [1.54, 1.807) is 0 Å². The maximum absolute atomic E-state index is 8.93. The molecule has 0 aromatic carbocycles. The van der Waals surface area contributed by atoms with Gasteiger partial charge in [-0.25, -0.2) is 12.7 Å². The zero-order chi connectivity index (χ0) is 3.41. The molecule has 50 valence electrons. The van der Waals surface area contributed by atoms with Crippen LogP contribution in [0.3, 0.4) is 0 Å². The van der Waals surface area contributed by atoms with E-state index in [4.69, 9.17) is 4.79 Å². The summed E-state index contributed by atoms with van der Waals surface area (Å²) in [6.45, 7) is 3.06. The van der Waals surface area contributed by atoms with E-state index in [9.17, 15) is 0 Å². The molecule has 0 aliphatic carbocycles. The van der Waals surface area contributed by atoms with Crippen LogP contribution in [0.1, 0.15) is 0 Å². The van der Waals surface area contributed by atoms with Crippen molar-refractivity contribution in [3.63, 3.8) is 0 Å². The molecule has 0 fully saturated rings. The number of hydrogen-bond acceptors (Lipinski definition) is 1. The molecular formula is C3H3AlAu2OTi. The third-order valence-corrected chi connectivity index (χ3v) is 0.0833. The van der Waals surface area contributed by atoms with E-state index in [0.717, 1.165) is 6.08 Å². The smallest absolute Gasteiger partial charge is 0.419 e. The molecule has 0 rings (SSSR count). The standard InChI is InChI=1S/C3H3O.Al.2Au.Ti/c1-2-3-4;;;;/h2H,1H2;;;;/q-1;;;+1;. The van der Waals surface area contributed by atoms with Crippen LogP contribution in [0, 0.1) is 0 Å². The van der Waals surface area contributed by atoms with Crippen molar-refractivity contribution in [2.75, 3.05) is 0 Å². The first-order chi connectivity index (χ1) is 1.91. The summed E-state index contributed by atoms with van der Waals surface area (Å²) < 4.78 is 0. The summed E-state index contributed by atoms with van der Waals surface area (Å²) >= 11 is 0. The summed E-state index contributed by atoms with van der Waals surface area (Å²) in [5.41, 5.74) is 0. The van der Waals surface area contributed by atoms with Gasteiger partial charge in [0.15, 0.2) is 0 Å². The van der Waals surface area contributed by atoms with Crippen molar-refractivity contribution in [1.29, 1.82) is 0 Å². The van der Waals surface area contributed by atoms with Gasteiger partial charge in [-0.05, 0) is 6.29 Å². The summed E-state index contributed by atoms with van der Waals surface area (Å²) in [5.74, 6) is 0. The van der Waals surface area contributed by atoms with Crippen LogP contribution in [0.15, 0.2) is 12.7 Å². The largest absolute Gasteiger partial charge is 1.00 e. The molecule has 5 heteroatoms. The van der Waals surface area contributed by atoms with Gasteiger partial charge in [0.2, 0.25) is 0 Å². The van der Waals surface area contributed by atoms with Gasteiger partial charge in [-0.15, -0.1) is 0 Å². The monoisotopic (exact) mass is 524 g/mol. The summed E-state index contributed by atoms with van der Waals surface area (Å²) in [6, 6.07) is 0. The third-order valence-electron chi connectivity index (χ3n) is 0.0833. The first-order valence-corrected chi connectivity index (χ1v) is 0.901. The van der Waals surface area contributed by atoms with Crippen molar-refractivity contribution in [2.24, 2.45) is 0 Å². The molecule has 0 atom stereocenters. The van der Waals surface area contributed by atoms with Crippen LogP contribution in [-0.2, 0) is 71.3 Å². The summed E-state index contributed by atoms with van der Waals surface area (Å²) in [6.07, 6.45) is 2.51. The number of rotatable bonds is 1.